The van der Waals surface area contributed by atoms with Gasteiger partial charge in [-0.05, 0) is 19.3 Å². The molecule has 1 amide bonds. The Morgan fingerprint density at radius 2 is 2.05 bits per heavy atom. The number of nitrogens with one attached hydrogen (secondary N) is 1. The normalized spacial score (nSPS) is 23.6. The van der Waals surface area contributed by atoms with Crippen molar-refractivity contribution in [1.29, 1.82) is 0 Å². The molecule has 1 saturated heterocycles. The number of rotatable bonds is 6. The number of alkyl halides is 3. The first-order valence-corrected chi connectivity index (χ1v) is 6.60. The second kappa shape index (κ2) is 6.09. The highest BCUT2D eigenvalue weighted by atomic mass is 19.4. The highest BCUT2D eigenvalue weighted by Gasteiger charge is 2.35. The number of ether oxygens (including phenoxy) is 1. The smallest absolute Gasteiger partial charge is 0.381 e. The molecule has 19 heavy (non-hydrogen) atoms. The van der Waals surface area contributed by atoms with E-state index in [2.05, 4.69) is 5.32 Å². The van der Waals surface area contributed by atoms with E-state index >= 15 is 0 Å². The third-order valence-electron chi connectivity index (χ3n) is 3.39. The van der Waals surface area contributed by atoms with E-state index < -0.39 is 12.7 Å². The molecule has 1 aliphatic heterocycles. The van der Waals surface area contributed by atoms with Crippen molar-refractivity contribution < 1.29 is 22.7 Å². The highest BCUT2D eigenvalue weighted by molar-refractivity contribution is 5.79. The van der Waals surface area contributed by atoms with Crippen molar-refractivity contribution in [2.75, 3.05) is 32.8 Å². The quantitative estimate of drug-likeness (QED) is 0.794. The van der Waals surface area contributed by atoms with Gasteiger partial charge in [0.2, 0.25) is 5.91 Å². The first-order valence-electron chi connectivity index (χ1n) is 6.60. The summed E-state index contributed by atoms with van der Waals surface area (Å²) in [5.74, 6) is 0.0887. The maximum atomic E-state index is 12.0. The molecule has 1 unspecified atom stereocenters. The lowest BCUT2D eigenvalue weighted by molar-refractivity contribution is -0.135. The molecule has 2 rings (SSSR count). The van der Waals surface area contributed by atoms with Gasteiger partial charge in [-0.25, -0.2) is 0 Å². The summed E-state index contributed by atoms with van der Waals surface area (Å²) in [6.07, 6.45) is -1.44. The van der Waals surface area contributed by atoms with Crippen molar-refractivity contribution >= 4 is 5.91 Å². The topological polar surface area (TPSA) is 41.6 Å². The molecule has 1 atom stereocenters. The fourth-order valence-electron chi connectivity index (χ4n) is 2.26. The minimum atomic E-state index is -4.27. The Morgan fingerprint density at radius 1 is 1.32 bits per heavy atom. The Kier molecular flexibility index (Phi) is 4.67. The summed E-state index contributed by atoms with van der Waals surface area (Å²) >= 11 is 0. The monoisotopic (exact) mass is 280 g/mol. The van der Waals surface area contributed by atoms with E-state index in [0.29, 0.717) is 25.7 Å². The van der Waals surface area contributed by atoms with E-state index in [1.807, 2.05) is 0 Å². The number of hydrogen-bond donors (Lipinski definition) is 1. The van der Waals surface area contributed by atoms with Gasteiger partial charge < -0.3 is 15.0 Å². The molecule has 110 valence electrons. The number of carbonyl (C=O) groups is 1. The van der Waals surface area contributed by atoms with Gasteiger partial charge in [-0.2, -0.15) is 13.2 Å². The van der Waals surface area contributed by atoms with Gasteiger partial charge in [-0.1, -0.05) is 0 Å². The molecule has 0 aromatic carbocycles. The lowest BCUT2D eigenvalue weighted by Gasteiger charge is -2.25. The van der Waals surface area contributed by atoms with Crippen LogP contribution in [0.3, 0.4) is 0 Å². The molecule has 4 nitrogen and oxygen atoms in total. The Hall–Kier alpha value is -0.820. The van der Waals surface area contributed by atoms with Crippen LogP contribution in [0.1, 0.15) is 19.3 Å². The molecule has 7 heteroatoms. The average molecular weight is 280 g/mol. The third-order valence-corrected chi connectivity index (χ3v) is 3.39. The molecule has 0 radical (unpaired) electrons. The van der Waals surface area contributed by atoms with E-state index in [4.69, 9.17) is 4.74 Å². The summed E-state index contributed by atoms with van der Waals surface area (Å²) in [5, 5.41) is 2.17. The zero-order valence-corrected chi connectivity index (χ0v) is 10.7. The minimum Gasteiger partial charge on any atom is -0.381 e. The Balaban J connectivity index is 1.76. The van der Waals surface area contributed by atoms with Crippen molar-refractivity contribution in [2.24, 2.45) is 5.92 Å². The molecule has 2 aliphatic rings. The molecule has 0 bridgehead atoms. The molecular weight excluding hydrogens is 261 g/mol. The summed E-state index contributed by atoms with van der Waals surface area (Å²) in [7, 11) is 0. The maximum Gasteiger partial charge on any atom is 0.401 e. The average Bonchev–Trinajstić information content (AvgIpc) is 3.01. The molecule has 0 aromatic rings. The summed E-state index contributed by atoms with van der Waals surface area (Å²) in [4.78, 5) is 13.7. The van der Waals surface area contributed by atoms with E-state index in [1.54, 1.807) is 4.90 Å². The number of carbonyl (C=O) groups excluding carboxylic acids is 1. The Bertz CT molecular complexity index is 313. The standard InChI is InChI=1S/C12H19F3N2O2/c13-12(14,15)8-16-5-11(18)17(10-1-2-10)6-9-3-4-19-7-9/h9-10,16H,1-8H2. The lowest BCUT2D eigenvalue weighted by atomic mass is 10.1. The van der Waals surface area contributed by atoms with Gasteiger partial charge in [0.05, 0.1) is 19.7 Å². The van der Waals surface area contributed by atoms with Crippen LogP contribution in [0.15, 0.2) is 0 Å². The van der Waals surface area contributed by atoms with Crippen LogP contribution in [0.5, 0.6) is 0 Å². The van der Waals surface area contributed by atoms with E-state index in [9.17, 15) is 18.0 Å². The van der Waals surface area contributed by atoms with Gasteiger partial charge in [-0.15, -0.1) is 0 Å². The summed E-state index contributed by atoms with van der Waals surface area (Å²) in [6, 6.07) is 0.223. The zero-order valence-electron chi connectivity index (χ0n) is 10.7. The van der Waals surface area contributed by atoms with Gasteiger partial charge in [0, 0.05) is 25.1 Å². The van der Waals surface area contributed by atoms with Crippen LogP contribution >= 0.6 is 0 Å². The second-order valence-electron chi connectivity index (χ2n) is 5.23. The Labute approximate surface area is 110 Å². The van der Waals surface area contributed by atoms with Crippen molar-refractivity contribution in [3.63, 3.8) is 0 Å². The second-order valence-corrected chi connectivity index (χ2v) is 5.23. The van der Waals surface area contributed by atoms with Crippen LogP contribution in [0, 0.1) is 5.92 Å². The molecular formula is C12H19F3N2O2. The van der Waals surface area contributed by atoms with Crippen molar-refractivity contribution in [3.8, 4) is 0 Å². The minimum absolute atomic E-state index is 0.223. The van der Waals surface area contributed by atoms with E-state index in [-0.39, 0.29) is 18.5 Å². The summed E-state index contributed by atoms with van der Waals surface area (Å²) < 4.78 is 41.3. The third kappa shape index (κ3) is 4.99. The molecule has 1 aliphatic carbocycles. The molecule has 1 saturated carbocycles. The summed E-state index contributed by atoms with van der Waals surface area (Å²) in [5.41, 5.74) is 0. The Morgan fingerprint density at radius 3 is 2.58 bits per heavy atom. The fraction of sp³-hybridized carbons (Fsp3) is 0.917. The van der Waals surface area contributed by atoms with Crippen LogP contribution in [0.25, 0.3) is 0 Å². The van der Waals surface area contributed by atoms with E-state index in [1.165, 1.54) is 0 Å². The van der Waals surface area contributed by atoms with Gasteiger partial charge in [0.1, 0.15) is 0 Å². The van der Waals surface area contributed by atoms with Gasteiger partial charge >= 0.3 is 6.18 Å². The van der Waals surface area contributed by atoms with Gasteiger partial charge in [-0.3, -0.25) is 4.79 Å². The fourth-order valence-corrected chi connectivity index (χ4v) is 2.26. The number of nitrogens with zero attached hydrogens (tertiary/aromatic N) is 1. The predicted octanol–water partition coefficient (Wildman–Crippen LogP) is 1.17. The maximum absolute atomic E-state index is 12.0. The summed E-state index contributed by atoms with van der Waals surface area (Å²) in [6.45, 7) is 0.598. The molecule has 0 spiro atoms. The molecule has 1 heterocycles. The van der Waals surface area contributed by atoms with Crippen LogP contribution in [-0.2, 0) is 9.53 Å². The lowest BCUT2D eigenvalue weighted by Crippen LogP contribution is -2.44. The first-order chi connectivity index (χ1) is 8.96. The van der Waals surface area contributed by atoms with Gasteiger partial charge in [0.15, 0.2) is 0 Å². The van der Waals surface area contributed by atoms with E-state index in [0.717, 1.165) is 19.3 Å². The number of hydrogen-bond acceptors (Lipinski definition) is 3. The first kappa shape index (κ1) is 14.6. The van der Waals surface area contributed by atoms with Crippen LogP contribution in [0.4, 0.5) is 13.2 Å². The van der Waals surface area contributed by atoms with Crippen LogP contribution < -0.4 is 5.32 Å². The SMILES string of the molecule is O=C(CNCC(F)(F)F)N(CC1CCOC1)C1CC1. The van der Waals surface area contributed by atoms with Gasteiger partial charge in [0.25, 0.3) is 0 Å². The zero-order chi connectivity index (χ0) is 13.9. The molecule has 2 fully saturated rings. The van der Waals surface area contributed by atoms with Crippen LogP contribution in [-0.4, -0.2) is 55.9 Å². The van der Waals surface area contributed by atoms with Crippen LogP contribution in [0.2, 0.25) is 0 Å². The molecule has 1 N–H and O–H groups in total. The van der Waals surface area contributed by atoms with Crippen molar-refractivity contribution in [2.45, 2.75) is 31.5 Å². The van der Waals surface area contributed by atoms with Crippen molar-refractivity contribution in [3.05, 3.63) is 0 Å². The highest BCUT2D eigenvalue weighted by Crippen LogP contribution is 2.29. The largest absolute Gasteiger partial charge is 0.401 e. The predicted molar refractivity (Wildman–Crippen MR) is 62.6 cm³/mol. The number of amides is 1. The van der Waals surface area contributed by atoms with Crippen molar-refractivity contribution in [1.82, 2.24) is 10.2 Å². The number of halogens is 3. The molecule has 0 aromatic heterocycles.